The summed E-state index contributed by atoms with van der Waals surface area (Å²) in [6, 6.07) is 1.81. The molecule has 40 heavy (non-hydrogen) atoms. The zero-order valence-corrected chi connectivity index (χ0v) is 25.2. The third kappa shape index (κ3) is 5.71. The minimum Gasteiger partial charge on any atom is -0.499 e. The maximum atomic E-state index is 15.8. The Bertz CT molecular complexity index is 1220. The lowest BCUT2D eigenvalue weighted by Gasteiger charge is -2.38. The van der Waals surface area contributed by atoms with Crippen molar-refractivity contribution in [3.8, 4) is 11.5 Å². The van der Waals surface area contributed by atoms with Gasteiger partial charge in [-0.1, -0.05) is 20.8 Å². The molecule has 0 bridgehead atoms. The number of halogens is 1. The number of likely N-dealkylation sites (tertiary alicyclic amines) is 1. The van der Waals surface area contributed by atoms with Crippen LogP contribution in [0.3, 0.4) is 0 Å². The van der Waals surface area contributed by atoms with E-state index in [4.69, 9.17) is 18.9 Å². The van der Waals surface area contributed by atoms with Crippen LogP contribution in [0.4, 0.5) is 4.39 Å². The molecule has 1 saturated heterocycles. The quantitative estimate of drug-likeness (QED) is 0.403. The lowest BCUT2D eigenvalue weighted by Crippen LogP contribution is -2.36. The molecule has 0 saturated carbocycles. The Labute approximate surface area is 237 Å². The second-order valence-corrected chi connectivity index (χ2v) is 11.6. The number of carbonyl (C=O) groups excluding carboxylic acids is 1. The number of Topliss-reactive ketones (excluding diaryl/α,β-unsaturated/α-hetero) is 1. The molecule has 4 rings (SSSR count). The van der Waals surface area contributed by atoms with Gasteiger partial charge in [0.25, 0.3) is 0 Å². The zero-order valence-electron chi connectivity index (χ0n) is 25.2. The van der Waals surface area contributed by atoms with Gasteiger partial charge in [-0.3, -0.25) is 9.79 Å². The number of carbonyl (C=O) groups is 1. The number of allylic oxidation sites excluding steroid dienone is 2. The van der Waals surface area contributed by atoms with E-state index in [2.05, 4.69) is 30.7 Å². The summed E-state index contributed by atoms with van der Waals surface area (Å²) >= 11 is 0. The van der Waals surface area contributed by atoms with Gasteiger partial charge in [-0.25, -0.2) is 4.39 Å². The largest absolute Gasteiger partial charge is 0.499 e. The molecule has 0 radical (unpaired) electrons. The van der Waals surface area contributed by atoms with E-state index in [1.807, 2.05) is 24.0 Å². The molecule has 8 nitrogen and oxygen atoms in total. The van der Waals surface area contributed by atoms with Gasteiger partial charge in [0.1, 0.15) is 11.6 Å². The first-order valence-corrected chi connectivity index (χ1v) is 14.2. The summed E-state index contributed by atoms with van der Waals surface area (Å²) in [5.74, 6) is 1.35. The van der Waals surface area contributed by atoms with Gasteiger partial charge in [0.05, 0.1) is 44.2 Å². The lowest BCUT2D eigenvalue weighted by atomic mass is 9.72. The summed E-state index contributed by atoms with van der Waals surface area (Å²) in [6.45, 7) is 12.9. The Hall–Kier alpha value is -3.07. The fraction of sp³-hybridized carbons (Fsp3) is 0.613. The number of ketones is 1. The zero-order chi connectivity index (χ0) is 29.2. The topological polar surface area (TPSA) is 72.8 Å². The molecule has 9 heteroatoms. The Morgan fingerprint density at radius 3 is 2.48 bits per heavy atom. The van der Waals surface area contributed by atoms with E-state index in [-0.39, 0.29) is 35.5 Å². The van der Waals surface area contributed by atoms with Crippen molar-refractivity contribution in [3.05, 3.63) is 46.1 Å². The van der Waals surface area contributed by atoms with E-state index < -0.39 is 5.82 Å². The first-order chi connectivity index (χ1) is 19.1. The average molecular weight is 558 g/mol. The average Bonchev–Trinajstić information content (AvgIpc) is 3.54. The summed E-state index contributed by atoms with van der Waals surface area (Å²) in [7, 11) is 5.08. The van der Waals surface area contributed by atoms with Crippen LogP contribution in [0.2, 0.25) is 0 Å². The fourth-order valence-corrected chi connectivity index (χ4v) is 5.98. The normalized spacial score (nSPS) is 22.1. The van der Waals surface area contributed by atoms with Crippen LogP contribution < -0.4 is 9.47 Å². The van der Waals surface area contributed by atoms with Crippen molar-refractivity contribution in [2.24, 2.45) is 16.3 Å². The smallest absolute Gasteiger partial charge is 0.197 e. The van der Waals surface area contributed by atoms with Crippen molar-refractivity contribution in [2.75, 3.05) is 54.1 Å². The number of rotatable bonds is 10. The van der Waals surface area contributed by atoms with E-state index in [0.29, 0.717) is 43.3 Å². The highest BCUT2D eigenvalue weighted by atomic mass is 19.1. The lowest BCUT2D eigenvalue weighted by molar-refractivity contribution is -0.116. The van der Waals surface area contributed by atoms with Crippen molar-refractivity contribution in [1.82, 2.24) is 9.80 Å². The minimum atomic E-state index is -0.500. The number of nitrogens with zero attached hydrogens (tertiary/aromatic N) is 3. The minimum absolute atomic E-state index is 0.00572. The van der Waals surface area contributed by atoms with Gasteiger partial charge in [-0.05, 0) is 55.4 Å². The van der Waals surface area contributed by atoms with Crippen molar-refractivity contribution in [3.63, 3.8) is 0 Å². The summed E-state index contributed by atoms with van der Waals surface area (Å²) in [5.41, 5.74) is 2.68. The van der Waals surface area contributed by atoms with Crippen LogP contribution >= 0.6 is 0 Å². The number of methoxy groups -OCH3 is 2. The Kier molecular flexibility index (Phi) is 9.12. The molecule has 0 N–H and O–H groups in total. The van der Waals surface area contributed by atoms with Gasteiger partial charge >= 0.3 is 0 Å². The van der Waals surface area contributed by atoms with E-state index in [9.17, 15) is 4.79 Å². The molecule has 1 fully saturated rings. The Morgan fingerprint density at radius 2 is 1.90 bits per heavy atom. The predicted octanol–water partition coefficient (Wildman–Crippen LogP) is 4.96. The summed E-state index contributed by atoms with van der Waals surface area (Å²) < 4.78 is 38.6. The first-order valence-electron chi connectivity index (χ1n) is 14.2. The van der Waals surface area contributed by atoms with Crippen molar-refractivity contribution >= 4 is 11.6 Å². The number of hydrogen-bond donors (Lipinski definition) is 0. The second kappa shape index (κ2) is 12.2. The second-order valence-electron chi connectivity index (χ2n) is 11.6. The third-order valence-corrected chi connectivity index (χ3v) is 8.03. The molecular weight excluding hydrogens is 513 g/mol. The summed E-state index contributed by atoms with van der Waals surface area (Å²) in [5, 5.41) is 0. The number of hydrogen-bond acceptors (Lipinski definition) is 7. The Balaban J connectivity index is 1.65. The standard InChI is InChI=1S/C31H44FN3O5/c1-9-39-25-15-20-16-35(30(33-6)26(20)27(32)29(25)40-10-2)18-24(36)19-13-22(31(3,4)5)28(38-8)23(14-19)34-12-11-21(17-34)37-7/h14-15,21-22H,9-13,16-18H2,1-8H3/b33-30-/t21-,22?/m0/s1. The van der Waals surface area contributed by atoms with Crippen LogP contribution in [0.5, 0.6) is 11.5 Å². The summed E-state index contributed by atoms with van der Waals surface area (Å²) in [6.07, 6.45) is 3.65. The number of ether oxygens (including phenoxy) is 4. The highest BCUT2D eigenvalue weighted by Crippen LogP contribution is 2.44. The molecule has 2 heterocycles. The molecule has 2 atom stereocenters. The highest BCUT2D eigenvalue weighted by molar-refractivity contribution is 6.07. The van der Waals surface area contributed by atoms with Crippen molar-refractivity contribution in [2.45, 2.75) is 60.1 Å². The molecule has 1 aromatic carbocycles. The number of amidine groups is 1. The predicted molar refractivity (Wildman–Crippen MR) is 153 cm³/mol. The molecule has 0 spiro atoms. The molecule has 0 aromatic heterocycles. The molecule has 3 aliphatic rings. The van der Waals surface area contributed by atoms with Gasteiger partial charge in [-0.15, -0.1) is 0 Å². The highest BCUT2D eigenvalue weighted by Gasteiger charge is 2.40. The first kappa shape index (κ1) is 29.9. The molecule has 0 amide bonds. The van der Waals surface area contributed by atoms with Gasteiger partial charge in [0.2, 0.25) is 0 Å². The fourth-order valence-electron chi connectivity index (χ4n) is 5.98. The van der Waals surface area contributed by atoms with E-state index in [1.54, 1.807) is 28.2 Å². The molecule has 1 aliphatic carbocycles. The van der Waals surface area contributed by atoms with Gasteiger partial charge in [-0.2, -0.15) is 0 Å². The van der Waals surface area contributed by atoms with Gasteiger partial charge in [0.15, 0.2) is 23.1 Å². The van der Waals surface area contributed by atoms with Crippen LogP contribution in [0.1, 0.15) is 58.6 Å². The van der Waals surface area contributed by atoms with E-state index >= 15 is 4.39 Å². The van der Waals surface area contributed by atoms with Crippen molar-refractivity contribution < 1.29 is 28.1 Å². The van der Waals surface area contributed by atoms with Gasteiger partial charge in [0, 0.05) is 39.7 Å². The monoisotopic (exact) mass is 557 g/mol. The number of aliphatic imine (C=N–C) groups is 1. The van der Waals surface area contributed by atoms with E-state index in [1.165, 1.54) is 0 Å². The van der Waals surface area contributed by atoms with E-state index in [0.717, 1.165) is 42.1 Å². The molecule has 2 aliphatic heterocycles. The van der Waals surface area contributed by atoms with Crippen LogP contribution in [-0.2, 0) is 20.8 Å². The number of fused-ring (bicyclic) bond motifs is 1. The molecule has 220 valence electrons. The number of benzene rings is 1. The summed E-state index contributed by atoms with van der Waals surface area (Å²) in [4.78, 5) is 22.4. The van der Waals surface area contributed by atoms with Crippen LogP contribution in [0, 0.1) is 17.2 Å². The van der Waals surface area contributed by atoms with Crippen molar-refractivity contribution in [1.29, 1.82) is 0 Å². The van der Waals surface area contributed by atoms with Crippen LogP contribution in [0.25, 0.3) is 0 Å². The third-order valence-electron chi connectivity index (χ3n) is 8.03. The maximum absolute atomic E-state index is 15.8. The van der Waals surface area contributed by atoms with Gasteiger partial charge < -0.3 is 28.7 Å². The maximum Gasteiger partial charge on any atom is 0.197 e. The molecule has 1 aromatic rings. The van der Waals surface area contributed by atoms with Crippen LogP contribution in [0.15, 0.2) is 34.2 Å². The Morgan fingerprint density at radius 1 is 1.18 bits per heavy atom. The SMILES string of the molecule is CCOc1cc2c(c(F)c1OCC)/C(=N/C)N(CC(=O)C1=CC(N3CC[C@H](OC)C3)=C(OC)C(C(C)(C)C)C1)C2. The molecule has 1 unspecified atom stereocenters. The van der Waals surface area contributed by atoms with Crippen LogP contribution in [-0.4, -0.2) is 81.6 Å². The molecular formula is C31H44FN3O5.